The fraction of sp³-hybridized carbons (Fsp3) is 0.929. The van der Waals surface area contributed by atoms with Crippen molar-refractivity contribution >= 4 is 11.9 Å². The Balaban J connectivity index is 0. The summed E-state index contributed by atoms with van der Waals surface area (Å²) in [6.45, 7) is 5.44. The molecule has 0 aliphatic carbocycles. The largest absolute Gasteiger partial charge is 0.547 e. The van der Waals surface area contributed by atoms with Crippen molar-refractivity contribution in [3.05, 3.63) is 0 Å². The lowest BCUT2D eigenvalue weighted by molar-refractivity contribution is -0.870. The van der Waals surface area contributed by atoms with Gasteiger partial charge in [-0.3, -0.25) is 4.79 Å². The van der Waals surface area contributed by atoms with Crippen LogP contribution in [0.5, 0.6) is 0 Å². The number of carbonyl (C=O) groups is 2. The first-order valence-corrected chi connectivity index (χ1v) is 14.1. The molecule has 6 heteroatoms. The van der Waals surface area contributed by atoms with E-state index < -0.39 is 12.1 Å². The molecule has 0 aliphatic heterocycles. The van der Waals surface area contributed by atoms with E-state index in [1.807, 2.05) is 0 Å². The number of aliphatic hydroxyl groups is 1. The fourth-order valence-corrected chi connectivity index (χ4v) is 3.68. The Morgan fingerprint density at radius 1 is 0.735 bits per heavy atom. The molecular weight excluding hydrogens is 428 g/mol. The van der Waals surface area contributed by atoms with Crippen molar-refractivity contribution < 1.29 is 24.3 Å². The first kappa shape index (κ1) is 35.0. The van der Waals surface area contributed by atoms with E-state index in [2.05, 4.69) is 33.4 Å². The zero-order valence-electron chi connectivity index (χ0n) is 23.3. The highest BCUT2D eigenvalue weighted by Crippen LogP contribution is 2.13. The van der Waals surface area contributed by atoms with E-state index >= 15 is 0 Å². The number of hydrogen-bond donors (Lipinski definition) is 2. The number of quaternary nitrogens is 1. The van der Waals surface area contributed by atoms with Gasteiger partial charge >= 0.3 is 0 Å². The monoisotopic (exact) mass is 486 g/mol. The van der Waals surface area contributed by atoms with E-state index in [0.717, 1.165) is 30.8 Å². The number of rotatable bonds is 22. The lowest BCUT2D eigenvalue weighted by Crippen LogP contribution is -2.35. The molecule has 0 fully saturated rings. The van der Waals surface area contributed by atoms with Crippen LogP contribution in [0.3, 0.4) is 0 Å². The maximum absolute atomic E-state index is 11.8. The van der Waals surface area contributed by atoms with Gasteiger partial charge in [-0.15, -0.1) is 0 Å². The fourth-order valence-electron chi connectivity index (χ4n) is 3.68. The predicted octanol–water partition coefficient (Wildman–Crippen LogP) is 4.97. The quantitative estimate of drug-likeness (QED) is 0.167. The molecule has 0 aliphatic rings. The van der Waals surface area contributed by atoms with Crippen LogP contribution in [0.4, 0.5) is 0 Å². The molecule has 0 saturated carbocycles. The van der Waals surface area contributed by atoms with E-state index in [1.165, 1.54) is 103 Å². The Kier molecular flexibility index (Phi) is 25.7. The number of unbranched alkanes of at least 4 members (excludes halogenated alkanes) is 15. The van der Waals surface area contributed by atoms with Gasteiger partial charge in [-0.25, -0.2) is 0 Å². The van der Waals surface area contributed by atoms with Crippen molar-refractivity contribution in [3.8, 4) is 0 Å². The van der Waals surface area contributed by atoms with Crippen LogP contribution in [0.15, 0.2) is 0 Å². The van der Waals surface area contributed by atoms with E-state index in [4.69, 9.17) is 5.11 Å². The Hall–Kier alpha value is -1.14. The Bertz CT molecular complexity index is 462. The number of carbonyl (C=O) groups excluding carboxylic acids is 2. The van der Waals surface area contributed by atoms with E-state index in [9.17, 15) is 14.7 Å². The van der Waals surface area contributed by atoms with E-state index in [0.29, 0.717) is 6.42 Å². The minimum Gasteiger partial charge on any atom is -0.547 e. The van der Waals surface area contributed by atoms with Crippen LogP contribution in [0.2, 0.25) is 0 Å². The smallest absolute Gasteiger partial charge is 0.219 e. The molecule has 34 heavy (non-hydrogen) atoms. The molecule has 0 saturated heterocycles. The number of hydrogen-bond acceptors (Lipinski definition) is 4. The summed E-state index contributed by atoms with van der Waals surface area (Å²) in [7, 11) is 6.65. The standard InChI is InChI=1S/C25H52N2O.C3H6O3/c1-5-6-7-8-9-10-11-12-13-14-15-16-17-18-19-22-25(28)26-23-20-21-24-27(2,3)4;1-2(4)3(5)6/h5-24H2,1-4H3;2,4H,1H3,(H,5,6). The first-order valence-electron chi connectivity index (χ1n) is 14.1. The molecule has 0 heterocycles. The maximum Gasteiger partial charge on any atom is 0.219 e. The minimum atomic E-state index is -1.44. The van der Waals surface area contributed by atoms with Gasteiger partial charge in [0, 0.05) is 13.0 Å². The Morgan fingerprint density at radius 2 is 1.12 bits per heavy atom. The summed E-state index contributed by atoms with van der Waals surface area (Å²) in [5, 5.41) is 20.4. The van der Waals surface area contributed by atoms with Gasteiger partial charge in [-0.05, 0) is 26.2 Å². The second-order valence-corrected chi connectivity index (χ2v) is 10.8. The summed E-state index contributed by atoms with van der Waals surface area (Å²) in [5.74, 6) is -1.19. The first-order chi connectivity index (χ1) is 16.1. The van der Waals surface area contributed by atoms with Crippen LogP contribution < -0.4 is 10.4 Å². The molecule has 0 spiro atoms. The molecule has 1 atom stereocenters. The zero-order chi connectivity index (χ0) is 26.1. The summed E-state index contributed by atoms with van der Waals surface area (Å²) in [5.41, 5.74) is 0. The summed E-state index contributed by atoms with van der Waals surface area (Å²) >= 11 is 0. The second kappa shape index (κ2) is 25.0. The third-order valence-corrected chi connectivity index (χ3v) is 5.93. The molecule has 0 rings (SSSR count). The van der Waals surface area contributed by atoms with Crippen LogP contribution in [0, 0.1) is 0 Å². The van der Waals surface area contributed by atoms with Gasteiger partial charge in [0.15, 0.2) is 0 Å². The number of aliphatic hydroxyl groups excluding tert-OH is 1. The number of nitrogens with zero attached hydrogens (tertiary/aromatic N) is 1. The number of amides is 1. The lowest BCUT2D eigenvalue weighted by Gasteiger charge is -2.23. The van der Waals surface area contributed by atoms with Crippen molar-refractivity contribution in [1.82, 2.24) is 5.32 Å². The molecular formula is C28H58N2O4. The zero-order valence-corrected chi connectivity index (χ0v) is 23.3. The van der Waals surface area contributed by atoms with Crippen molar-refractivity contribution in [3.63, 3.8) is 0 Å². The van der Waals surface area contributed by atoms with Crippen LogP contribution in [0.1, 0.15) is 129 Å². The average molecular weight is 487 g/mol. The van der Waals surface area contributed by atoms with Crippen molar-refractivity contribution in [2.75, 3.05) is 34.2 Å². The number of nitrogens with one attached hydrogen (secondary N) is 1. The normalized spacial score (nSPS) is 12.1. The molecule has 1 unspecified atom stereocenters. The Morgan fingerprint density at radius 3 is 1.47 bits per heavy atom. The SMILES string of the molecule is CC(O)C(=O)[O-].CCCCCCCCCCCCCCCCCC(=O)NCCCC[N+](C)(C)C. The second-order valence-electron chi connectivity index (χ2n) is 10.8. The maximum atomic E-state index is 11.8. The van der Waals surface area contributed by atoms with E-state index in [-0.39, 0.29) is 5.91 Å². The molecule has 204 valence electrons. The summed E-state index contributed by atoms with van der Waals surface area (Å²) < 4.78 is 1.01. The molecule has 0 aromatic rings. The third-order valence-electron chi connectivity index (χ3n) is 5.93. The minimum absolute atomic E-state index is 0.250. The average Bonchev–Trinajstić information content (AvgIpc) is 2.75. The molecule has 6 nitrogen and oxygen atoms in total. The number of aliphatic carboxylic acids is 1. The van der Waals surface area contributed by atoms with Crippen LogP contribution >= 0.6 is 0 Å². The molecule has 0 aromatic carbocycles. The summed E-state index contributed by atoms with van der Waals surface area (Å²) in [4.78, 5) is 21.2. The molecule has 0 aromatic heterocycles. The van der Waals surface area contributed by atoms with E-state index in [1.54, 1.807) is 0 Å². The topological polar surface area (TPSA) is 89.5 Å². The van der Waals surface area contributed by atoms with Crippen LogP contribution in [-0.2, 0) is 9.59 Å². The highest BCUT2D eigenvalue weighted by atomic mass is 16.4. The van der Waals surface area contributed by atoms with Crippen molar-refractivity contribution in [1.29, 1.82) is 0 Å². The van der Waals surface area contributed by atoms with Gasteiger partial charge in [0.1, 0.15) is 0 Å². The molecule has 2 N–H and O–H groups in total. The summed E-state index contributed by atoms with van der Waals surface area (Å²) in [6, 6.07) is 0. The number of carboxylic acids is 1. The van der Waals surface area contributed by atoms with Gasteiger partial charge in [0.2, 0.25) is 5.91 Å². The van der Waals surface area contributed by atoms with Gasteiger partial charge in [-0.1, -0.05) is 96.8 Å². The van der Waals surface area contributed by atoms with Crippen LogP contribution in [0.25, 0.3) is 0 Å². The van der Waals surface area contributed by atoms with Crippen LogP contribution in [-0.4, -0.2) is 61.8 Å². The third kappa shape index (κ3) is 33.0. The van der Waals surface area contributed by atoms with Gasteiger partial charge < -0.3 is 24.8 Å². The molecule has 0 bridgehead atoms. The Labute approximate surface area is 211 Å². The van der Waals surface area contributed by atoms with Gasteiger partial charge in [0.25, 0.3) is 0 Å². The predicted molar refractivity (Wildman–Crippen MR) is 141 cm³/mol. The highest BCUT2D eigenvalue weighted by molar-refractivity contribution is 5.75. The number of carboxylic acid groups (broad SMARTS) is 1. The van der Waals surface area contributed by atoms with Crippen molar-refractivity contribution in [2.45, 2.75) is 136 Å². The molecule has 0 radical (unpaired) electrons. The summed E-state index contributed by atoms with van der Waals surface area (Å²) in [6.07, 6.45) is 22.2. The van der Waals surface area contributed by atoms with Crippen molar-refractivity contribution in [2.24, 2.45) is 0 Å². The molecule has 1 amide bonds. The van der Waals surface area contributed by atoms with Gasteiger partial charge in [-0.2, -0.15) is 0 Å². The highest BCUT2D eigenvalue weighted by Gasteiger charge is 2.06. The van der Waals surface area contributed by atoms with Gasteiger partial charge in [0.05, 0.1) is 39.8 Å². The lowest BCUT2D eigenvalue weighted by atomic mass is 10.0.